The van der Waals surface area contributed by atoms with E-state index in [2.05, 4.69) is 43.1 Å². The van der Waals surface area contributed by atoms with Gasteiger partial charge in [-0.25, -0.2) is 9.97 Å². The molecule has 0 aliphatic carbocycles. The topological polar surface area (TPSA) is 66.9 Å². The Morgan fingerprint density at radius 3 is 2.50 bits per heavy atom. The van der Waals surface area contributed by atoms with E-state index < -0.39 is 0 Å². The van der Waals surface area contributed by atoms with Crippen molar-refractivity contribution >= 4 is 33.5 Å². The minimum atomic E-state index is -0.248. The minimum absolute atomic E-state index is 0.248. The zero-order valence-electron chi connectivity index (χ0n) is 10.6. The smallest absolute Gasteiger partial charge is 0.258 e. The van der Waals surface area contributed by atoms with E-state index in [9.17, 15) is 4.79 Å². The van der Waals surface area contributed by atoms with Crippen molar-refractivity contribution in [2.75, 3.05) is 17.2 Å². The number of halogens is 1. The van der Waals surface area contributed by atoms with Crippen LogP contribution in [0.5, 0.6) is 0 Å². The molecule has 2 N–H and O–H groups in total. The van der Waals surface area contributed by atoms with Crippen molar-refractivity contribution in [3.63, 3.8) is 0 Å². The van der Waals surface area contributed by atoms with Crippen molar-refractivity contribution < 1.29 is 4.79 Å². The first-order valence-electron chi connectivity index (χ1n) is 5.93. The number of hydrogen-bond donors (Lipinski definition) is 2. The van der Waals surface area contributed by atoms with Gasteiger partial charge in [-0.1, -0.05) is 22.0 Å². The van der Waals surface area contributed by atoms with Gasteiger partial charge in [0.25, 0.3) is 5.91 Å². The highest BCUT2D eigenvalue weighted by atomic mass is 79.9. The Hall–Kier alpha value is -2.21. The van der Waals surface area contributed by atoms with Crippen LogP contribution in [-0.2, 0) is 0 Å². The van der Waals surface area contributed by atoms with Crippen LogP contribution in [-0.4, -0.2) is 22.4 Å². The molecule has 1 aromatic carbocycles. The lowest BCUT2D eigenvalue weighted by atomic mass is 10.3. The third-order valence-electron chi connectivity index (χ3n) is 2.42. The summed E-state index contributed by atoms with van der Waals surface area (Å²) in [6, 6.07) is 7.33. The van der Waals surface area contributed by atoms with Crippen LogP contribution in [0.4, 0.5) is 11.6 Å². The first kappa shape index (κ1) is 14.2. The number of carbonyl (C=O) groups is 1. The molecule has 0 saturated heterocycles. The lowest BCUT2D eigenvalue weighted by molar-refractivity contribution is 0.102. The first-order chi connectivity index (χ1) is 9.69. The predicted molar refractivity (Wildman–Crippen MR) is 82.8 cm³/mol. The average Bonchev–Trinajstić information content (AvgIpc) is 2.48. The van der Waals surface area contributed by atoms with Crippen LogP contribution in [0.25, 0.3) is 0 Å². The van der Waals surface area contributed by atoms with Gasteiger partial charge in [0, 0.05) is 29.1 Å². The zero-order valence-corrected chi connectivity index (χ0v) is 12.2. The second-order valence-corrected chi connectivity index (χ2v) is 4.84. The van der Waals surface area contributed by atoms with Crippen molar-refractivity contribution in [3.8, 4) is 0 Å². The number of hydrogen-bond acceptors (Lipinski definition) is 4. The number of anilines is 2. The van der Waals surface area contributed by atoms with E-state index in [1.165, 1.54) is 12.4 Å². The number of nitrogens with zero attached hydrogens (tertiary/aromatic N) is 2. The number of carbonyl (C=O) groups excluding carboxylic acids is 1. The van der Waals surface area contributed by atoms with Crippen molar-refractivity contribution in [1.29, 1.82) is 0 Å². The summed E-state index contributed by atoms with van der Waals surface area (Å²) in [5.41, 5.74) is 1.11. The van der Waals surface area contributed by atoms with E-state index >= 15 is 0 Å². The van der Waals surface area contributed by atoms with Crippen LogP contribution in [0.1, 0.15) is 10.4 Å². The van der Waals surface area contributed by atoms with Gasteiger partial charge in [-0.05, 0) is 24.3 Å². The molecular formula is C14H13BrN4O. The van der Waals surface area contributed by atoms with Crippen LogP contribution in [0.15, 0.2) is 53.8 Å². The summed E-state index contributed by atoms with van der Waals surface area (Å²) in [4.78, 5) is 20.1. The standard InChI is InChI=1S/C14H13BrN4O/c1-2-7-16-14-17-8-10(9-18-14)13(20)19-12-5-3-11(15)4-6-12/h2-6,8-9H,1,7H2,(H,19,20)(H,16,17,18). The second-order valence-electron chi connectivity index (χ2n) is 3.93. The van der Waals surface area contributed by atoms with Crippen molar-refractivity contribution in [1.82, 2.24) is 9.97 Å². The van der Waals surface area contributed by atoms with E-state index in [0.29, 0.717) is 23.7 Å². The Labute approximate surface area is 125 Å². The highest BCUT2D eigenvalue weighted by molar-refractivity contribution is 9.10. The van der Waals surface area contributed by atoms with Gasteiger partial charge in [-0.2, -0.15) is 0 Å². The summed E-state index contributed by atoms with van der Waals surface area (Å²) in [5.74, 6) is 0.215. The summed E-state index contributed by atoms with van der Waals surface area (Å²) in [6.45, 7) is 4.16. The molecule has 2 aromatic rings. The molecule has 6 heteroatoms. The third kappa shape index (κ3) is 3.89. The molecule has 20 heavy (non-hydrogen) atoms. The molecule has 5 nitrogen and oxygen atoms in total. The molecule has 0 spiro atoms. The quantitative estimate of drug-likeness (QED) is 0.825. The normalized spacial score (nSPS) is 9.85. The van der Waals surface area contributed by atoms with Crippen molar-refractivity contribution in [2.45, 2.75) is 0 Å². The monoisotopic (exact) mass is 332 g/mol. The van der Waals surface area contributed by atoms with Crippen molar-refractivity contribution in [3.05, 3.63) is 59.4 Å². The van der Waals surface area contributed by atoms with Crippen LogP contribution in [0.3, 0.4) is 0 Å². The highest BCUT2D eigenvalue weighted by Crippen LogP contribution is 2.15. The fourth-order valence-electron chi connectivity index (χ4n) is 1.44. The molecule has 0 bridgehead atoms. The summed E-state index contributed by atoms with van der Waals surface area (Å²) in [6.07, 6.45) is 4.66. The van der Waals surface area contributed by atoms with Crippen LogP contribution in [0.2, 0.25) is 0 Å². The molecule has 0 unspecified atom stereocenters. The van der Waals surface area contributed by atoms with Gasteiger partial charge in [0.15, 0.2) is 0 Å². The van der Waals surface area contributed by atoms with E-state index in [-0.39, 0.29) is 5.91 Å². The van der Waals surface area contributed by atoms with E-state index in [1.54, 1.807) is 6.08 Å². The molecule has 1 aromatic heterocycles. The van der Waals surface area contributed by atoms with Crippen LogP contribution in [0, 0.1) is 0 Å². The second kappa shape index (κ2) is 6.81. The van der Waals surface area contributed by atoms with Gasteiger partial charge in [-0.15, -0.1) is 6.58 Å². The largest absolute Gasteiger partial charge is 0.351 e. The highest BCUT2D eigenvalue weighted by Gasteiger charge is 2.07. The maximum Gasteiger partial charge on any atom is 0.258 e. The van der Waals surface area contributed by atoms with Gasteiger partial charge >= 0.3 is 0 Å². The third-order valence-corrected chi connectivity index (χ3v) is 2.95. The number of aromatic nitrogens is 2. The maximum absolute atomic E-state index is 12.0. The van der Waals surface area contributed by atoms with Crippen LogP contribution >= 0.6 is 15.9 Å². The van der Waals surface area contributed by atoms with Crippen LogP contribution < -0.4 is 10.6 Å². The molecule has 0 aliphatic heterocycles. The summed E-state index contributed by atoms with van der Waals surface area (Å²) in [7, 11) is 0. The Morgan fingerprint density at radius 2 is 1.90 bits per heavy atom. The zero-order chi connectivity index (χ0) is 14.4. The molecule has 0 fully saturated rings. The number of nitrogens with one attached hydrogen (secondary N) is 2. The molecule has 1 heterocycles. The molecule has 1 amide bonds. The fraction of sp³-hybridized carbons (Fsp3) is 0.0714. The Bertz CT molecular complexity index is 596. The Balaban J connectivity index is 2.01. The molecule has 2 rings (SSSR count). The van der Waals surface area contributed by atoms with Gasteiger partial charge in [0.2, 0.25) is 5.95 Å². The predicted octanol–water partition coefficient (Wildman–Crippen LogP) is 3.09. The van der Waals surface area contributed by atoms with Crippen molar-refractivity contribution in [2.24, 2.45) is 0 Å². The maximum atomic E-state index is 12.0. The molecule has 102 valence electrons. The Kier molecular flexibility index (Phi) is 4.84. The average molecular weight is 333 g/mol. The molecular weight excluding hydrogens is 320 g/mol. The lowest BCUT2D eigenvalue weighted by Gasteiger charge is -2.06. The minimum Gasteiger partial charge on any atom is -0.351 e. The lowest BCUT2D eigenvalue weighted by Crippen LogP contribution is -2.13. The van der Waals surface area contributed by atoms with E-state index in [0.717, 1.165) is 4.47 Å². The van der Waals surface area contributed by atoms with Gasteiger partial charge < -0.3 is 10.6 Å². The SMILES string of the molecule is C=CCNc1ncc(C(=O)Nc2ccc(Br)cc2)cn1. The summed E-state index contributed by atoms with van der Waals surface area (Å²) in [5, 5.41) is 5.71. The molecule has 0 radical (unpaired) electrons. The fourth-order valence-corrected chi connectivity index (χ4v) is 1.70. The number of rotatable bonds is 5. The Morgan fingerprint density at radius 1 is 1.25 bits per heavy atom. The molecule has 0 aliphatic rings. The first-order valence-corrected chi connectivity index (χ1v) is 6.72. The van der Waals surface area contributed by atoms with E-state index in [1.807, 2.05) is 24.3 Å². The van der Waals surface area contributed by atoms with Gasteiger partial charge in [-0.3, -0.25) is 4.79 Å². The summed E-state index contributed by atoms with van der Waals surface area (Å²) >= 11 is 3.34. The molecule has 0 saturated carbocycles. The van der Waals surface area contributed by atoms with E-state index in [4.69, 9.17) is 0 Å². The van der Waals surface area contributed by atoms with Gasteiger partial charge in [0.05, 0.1) is 5.56 Å². The van der Waals surface area contributed by atoms with Gasteiger partial charge in [0.1, 0.15) is 0 Å². The molecule has 0 atom stereocenters. The number of amides is 1. The summed E-state index contributed by atoms with van der Waals surface area (Å²) < 4.78 is 0.955. The number of benzene rings is 1.